The first-order chi connectivity index (χ1) is 9.18. The molecule has 1 aromatic rings. The highest BCUT2D eigenvalue weighted by Crippen LogP contribution is 2.36. The second-order valence-electron chi connectivity index (χ2n) is 6.06. The summed E-state index contributed by atoms with van der Waals surface area (Å²) in [5.41, 5.74) is 3.43. The van der Waals surface area contributed by atoms with Crippen LogP contribution in [0.2, 0.25) is 0 Å². The first-order valence-electron chi connectivity index (χ1n) is 7.72. The molecule has 0 amide bonds. The molecule has 1 fully saturated rings. The Morgan fingerprint density at radius 1 is 1.16 bits per heavy atom. The Morgan fingerprint density at radius 3 is 2.47 bits per heavy atom. The summed E-state index contributed by atoms with van der Waals surface area (Å²) in [6.07, 6.45) is 3.94. The van der Waals surface area contributed by atoms with E-state index < -0.39 is 0 Å². The fourth-order valence-electron chi connectivity index (χ4n) is 2.87. The van der Waals surface area contributed by atoms with Gasteiger partial charge in [0.05, 0.1) is 0 Å². The minimum atomic E-state index is 0.563. The van der Waals surface area contributed by atoms with Gasteiger partial charge in [-0.25, -0.2) is 0 Å². The van der Waals surface area contributed by atoms with Crippen molar-refractivity contribution >= 4 is 5.69 Å². The Hall–Kier alpha value is -1.02. The molecule has 1 aliphatic heterocycles. The van der Waals surface area contributed by atoms with Crippen molar-refractivity contribution in [3.63, 3.8) is 0 Å². The average Bonchev–Trinajstić information content (AvgIpc) is 2.46. The molecule has 0 spiro atoms. The Bertz CT molecular complexity index is 392. The topological polar surface area (TPSA) is 15.3 Å². The molecule has 0 unspecified atom stereocenters. The van der Waals surface area contributed by atoms with Gasteiger partial charge in [0.1, 0.15) is 0 Å². The lowest BCUT2D eigenvalue weighted by Crippen LogP contribution is -2.39. The Balaban J connectivity index is 2.06. The van der Waals surface area contributed by atoms with Gasteiger partial charge in [0.15, 0.2) is 0 Å². The fraction of sp³-hybridized carbons (Fsp3) is 0.647. The van der Waals surface area contributed by atoms with Crippen LogP contribution in [0.5, 0.6) is 0 Å². The van der Waals surface area contributed by atoms with E-state index in [0.29, 0.717) is 5.41 Å². The van der Waals surface area contributed by atoms with Crippen molar-refractivity contribution in [1.29, 1.82) is 0 Å². The minimum absolute atomic E-state index is 0.563. The normalized spacial score (nSPS) is 18.6. The highest BCUT2D eigenvalue weighted by Gasteiger charge is 2.28. The molecule has 0 aliphatic carbocycles. The van der Waals surface area contributed by atoms with Gasteiger partial charge in [-0.3, -0.25) is 0 Å². The number of rotatable bonds is 5. The molecule has 0 atom stereocenters. The summed E-state index contributed by atoms with van der Waals surface area (Å²) in [7, 11) is 0. The van der Waals surface area contributed by atoms with Crippen LogP contribution in [0.15, 0.2) is 24.3 Å². The summed E-state index contributed by atoms with van der Waals surface area (Å²) in [5.74, 6) is 0. The zero-order valence-electron chi connectivity index (χ0n) is 12.7. The molecule has 0 aromatic heterocycles. The third kappa shape index (κ3) is 3.50. The summed E-state index contributed by atoms with van der Waals surface area (Å²) >= 11 is 0. The Kier molecular flexibility index (Phi) is 4.87. The highest BCUT2D eigenvalue weighted by atomic mass is 15.1. The smallest absolute Gasteiger partial charge is 0.0411 e. The SMILES string of the molecule is CCNCc1ccccc1N1CCC(C)(CC)CC1. The van der Waals surface area contributed by atoms with Crippen molar-refractivity contribution in [2.24, 2.45) is 5.41 Å². The summed E-state index contributed by atoms with van der Waals surface area (Å²) in [5, 5.41) is 3.44. The van der Waals surface area contributed by atoms with E-state index in [-0.39, 0.29) is 0 Å². The van der Waals surface area contributed by atoms with E-state index in [2.05, 4.69) is 55.3 Å². The molecule has 1 heterocycles. The van der Waals surface area contributed by atoms with Crippen LogP contribution >= 0.6 is 0 Å². The van der Waals surface area contributed by atoms with Gasteiger partial charge in [0, 0.05) is 25.3 Å². The Morgan fingerprint density at radius 2 is 1.84 bits per heavy atom. The Labute approximate surface area is 118 Å². The van der Waals surface area contributed by atoms with Gasteiger partial charge in [-0.2, -0.15) is 0 Å². The third-order valence-electron chi connectivity index (χ3n) is 4.72. The number of anilines is 1. The van der Waals surface area contributed by atoms with Crippen LogP contribution in [0.4, 0.5) is 5.69 Å². The first kappa shape index (κ1) is 14.4. The average molecular weight is 260 g/mol. The third-order valence-corrected chi connectivity index (χ3v) is 4.72. The largest absolute Gasteiger partial charge is 0.371 e. The van der Waals surface area contributed by atoms with E-state index >= 15 is 0 Å². The van der Waals surface area contributed by atoms with Crippen molar-refractivity contribution in [3.8, 4) is 0 Å². The molecule has 1 saturated heterocycles. The van der Waals surface area contributed by atoms with Gasteiger partial charge < -0.3 is 10.2 Å². The van der Waals surface area contributed by atoms with E-state index in [0.717, 1.165) is 13.1 Å². The van der Waals surface area contributed by atoms with Gasteiger partial charge >= 0.3 is 0 Å². The lowest BCUT2D eigenvalue weighted by atomic mass is 9.78. The quantitative estimate of drug-likeness (QED) is 0.866. The zero-order valence-corrected chi connectivity index (χ0v) is 12.7. The number of piperidine rings is 1. The molecule has 1 aliphatic rings. The molecule has 2 nitrogen and oxygen atoms in total. The van der Waals surface area contributed by atoms with Crippen LogP contribution in [0, 0.1) is 5.41 Å². The summed E-state index contributed by atoms with van der Waals surface area (Å²) in [6, 6.07) is 8.85. The number of hydrogen-bond acceptors (Lipinski definition) is 2. The highest BCUT2D eigenvalue weighted by molar-refractivity contribution is 5.54. The first-order valence-corrected chi connectivity index (χ1v) is 7.72. The van der Waals surface area contributed by atoms with E-state index in [1.165, 1.54) is 43.6 Å². The van der Waals surface area contributed by atoms with Crippen LogP contribution in [-0.2, 0) is 6.54 Å². The number of nitrogens with zero attached hydrogens (tertiary/aromatic N) is 1. The van der Waals surface area contributed by atoms with E-state index in [1.807, 2.05) is 0 Å². The fourth-order valence-corrected chi connectivity index (χ4v) is 2.87. The number of nitrogens with one attached hydrogen (secondary N) is 1. The standard InChI is InChI=1S/C17H28N2/c1-4-17(3)10-12-19(13-11-17)16-9-7-6-8-15(16)14-18-5-2/h6-9,18H,4-5,10-14H2,1-3H3. The van der Waals surface area contributed by atoms with Crippen LogP contribution in [0.1, 0.15) is 45.6 Å². The molecular weight excluding hydrogens is 232 g/mol. The molecule has 2 heteroatoms. The lowest BCUT2D eigenvalue weighted by Gasteiger charge is -2.40. The van der Waals surface area contributed by atoms with Gasteiger partial charge in [0.2, 0.25) is 0 Å². The second kappa shape index (κ2) is 6.42. The predicted octanol–water partition coefficient (Wildman–Crippen LogP) is 3.81. The maximum Gasteiger partial charge on any atom is 0.0411 e. The summed E-state index contributed by atoms with van der Waals surface area (Å²) < 4.78 is 0. The molecule has 0 saturated carbocycles. The number of hydrogen-bond donors (Lipinski definition) is 1. The van der Waals surface area contributed by atoms with Crippen molar-refractivity contribution < 1.29 is 0 Å². The molecule has 0 bridgehead atoms. The maximum absolute atomic E-state index is 3.44. The van der Waals surface area contributed by atoms with Crippen molar-refractivity contribution in [1.82, 2.24) is 5.32 Å². The maximum atomic E-state index is 3.44. The minimum Gasteiger partial charge on any atom is -0.371 e. The van der Waals surface area contributed by atoms with Crippen LogP contribution in [0.3, 0.4) is 0 Å². The van der Waals surface area contributed by atoms with Crippen LogP contribution in [-0.4, -0.2) is 19.6 Å². The van der Waals surface area contributed by atoms with E-state index in [9.17, 15) is 0 Å². The summed E-state index contributed by atoms with van der Waals surface area (Å²) in [4.78, 5) is 2.57. The molecule has 1 N–H and O–H groups in total. The van der Waals surface area contributed by atoms with E-state index in [1.54, 1.807) is 0 Å². The van der Waals surface area contributed by atoms with Gasteiger partial charge in [-0.15, -0.1) is 0 Å². The van der Waals surface area contributed by atoms with E-state index in [4.69, 9.17) is 0 Å². The van der Waals surface area contributed by atoms with Crippen LogP contribution in [0.25, 0.3) is 0 Å². The van der Waals surface area contributed by atoms with Crippen molar-refractivity contribution in [2.45, 2.75) is 46.6 Å². The summed E-state index contributed by atoms with van der Waals surface area (Å²) in [6.45, 7) is 11.3. The van der Waals surface area contributed by atoms with Gasteiger partial charge in [0.25, 0.3) is 0 Å². The molecule has 2 rings (SSSR count). The second-order valence-corrected chi connectivity index (χ2v) is 6.06. The molecule has 19 heavy (non-hydrogen) atoms. The lowest BCUT2D eigenvalue weighted by molar-refractivity contribution is 0.238. The zero-order chi connectivity index (χ0) is 13.7. The number of benzene rings is 1. The van der Waals surface area contributed by atoms with Crippen molar-refractivity contribution in [3.05, 3.63) is 29.8 Å². The molecular formula is C17H28N2. The predicted molar refractivity (Wildman–Crippen MR) is 83.7 cm³/mol. The number of para-hydroxylation sites is 1. The van der Waals surface area contributed by atoms with Crippen molar-refractivity contribution in [2.75, 3.05) is 24.5 Å². The van der Waals surface area contributed by atoms with Gasteiger partial charge in [-0.1, -0.05) is 45.4 Å². The monoisotopic (exact) mass is 260 g/mol. The molecule has 0 radical (unpaired) electrons. The molecule has 1 aromatic carbocycles. The van der Waals surface area contributed by atoms with Gasteiger partial charge in [-0.05, 0) is 36.4 Å². The molecule has 106 valence electrons. The van der Waals surface area contributed by atoms with Crippen LogP contribution < -0.4 is 10.2 Å².